The van der Waals surface area contributed by atoms with Crippen LogP contribution in [-0.4, -0.2) is 5.91 Å². The van der Waals surface area contributed by atoms with Crippen molar-refractivity contribution in [2.24, 2.45) is 0 Å². The molecule has 0 radical (unpaired) electrons. The summed E-state index contributed by atoms with van der Waals surface area (Å²) in [6.45, 7) is 1.98. The van der Waals surface area contributed by atoms with Crippen LogP contribution in [0.25, 0.3) is 0 Å². The number of carbonyl (C=O) groups is 1. The highest BCUT2D eigenvalue weighted by Crippen LogP contribution is 2.34. The minimum atomic E-state index is 0. The Morgan fingerprint density at radius 3 is 2.87 bits per heavy atom. The first kappa shape index (κ1) is 17.4. The van der Waals surface area contributed by atoms with Gasteiger partial charge in [-0.2, -0.15) is 0 Å². The van der Waals surface area contributed by atoms with E-state index in [0.717, 1.165) is 30.5 Å². The fourth-order valence-electron chi connectivity index (χ4n) is 3.27. The maximum atomic E-state index is 12.4. The Morgan fingerprint density at radius 2 is 2.04 bits per heavy atom. The first-order valence-electron chi connectivity index (χ1n) is 7.87. The molecule has 1 aliphatic carbocycles. The fraction of sp³-hybridized carbons (Fsp3) is 0.316. The van der Waals surface area contributed by atoms with E-state index in [9.17, 15) is 4.79 Å². The zero-order chi connectivity index (χ0) is 15.5. The Balaban J connectivity index is 0.00000192. The third-order valence-electron chi connectivity index (χ3n) is 4.46. The van der Waals surface area contributed by atoms with Crippen molar-refractivity contribution >= 4 is 29.7 Å². The summed E-state index contributed by atoms with van der Waals surface area (Å²) >= 11 is 0. The fourth-order valence-corrected chi connectivity index (χ4v) is 3.27. The molecule has 1 amide bonds. The average molecular weight is 331 g/mol. The van der Waals surface area contributed by atoms with Gasteiger partial charge in [0.25, 0.3) is 0 Å². The lowest BCUT2D eigenvalue weighted by Crippen LogP contribution is -2.19. The molecule has 0 aromatic heterocycles. The van der Waals surface area contributed by atoms with E-state index in [0.29, 0.717) is 18.0 Å². The highest BCUT2D eigenvalue weighted by molar-refractivity contribution is 5.92. The highest BCUT2D eigenvalue weighted by Gasteiger charge is 2.22. The number of nitrogens with one attached hydrogen (secondary N) is 1. The quantitative estimate of drug-likeness (QED) is 0.817. The van der Waals surface area contributed by atoms with Gasteiger partial charge in [0.05, 0.1) is 0 Å². The van der Waals surface area contributed by atoms with Crippen LogP contribution in [0.4, 0.5) is 11.4 Å². The molecule has 0 saturated heterocycles. The normalized spacial score (nSPS) is 16.1. The molecule has 2 aromatic carbocycles. The number of benzene rings is 2. The van der Waals surface area contributed by atoms with E-state index in [4.69, 9.17) is 5.73 Å². The van der Waals surface area contributed by atoms with Crippen LogP contribution in [0.5, 0.6) is 0 Å². The van der Waals surface area contributed by atoms with Crippen LogP contribution < -0.4 is 11.1 Å². The van der Waals surface area contributed by atoms with E-state index in [1.807, 2.05) is 25.1 Å². The van der Waals surface area contributed by atoms with E-state index >= 15 is 0 Å². The van der Waals surface area contributed by atoms with Crippen LogP contribution in [0, 0.1) is 6.92 Å². The minimum absolute atomic E-state index is 0. The lowest BCUT2D eigenvalue weighted by molar-refractivity contribution is -0.116. The van der Waals surface area contributed by atoms with Gasteiger partial charge in [-0.1, -0.05) is 30.3 Å². The van der Waals surface area contributed by atoms with Gasteiger partial charge in [-0.25, -0.2) is 0 Å². The molecule has 0 saturated carbocycles. The Morgan fingerprint density at radius 1 is 1.26 bits per heavy atom. The van der Waals surface area contributed by atoms with Gasteiger partial charge < -0.3 is 11.1 Å². The van der Waals surface area contributed by atoms with Crippen molar-refractivity contribution in [2.45, 2.75) is 38.5 Å². The monoisotopic (exact) mass is 330 g/mol. The van der Waals surface area contributed by atoms with Gasteiger partial charge in [-0.3, -0.25) is 4.79 Å². The zero-order valence-corrected chi connectivity index (χ0v) is 14.2. The van der Waals surface area contributed by atoms with E-state index in [-0.39, 0.29) is 18.3 Å². The number of carbonyl (C=O) groups excluding carboxylic acids is 1. The molecule has 0 heterocycles. The Bertz CT molecular complexity index is 700. The molecule has 23 heavy (non-hydrogen) atoms. The highest BCUT2D eigenvalue weighted by atomic mass is 35.5. The summed E-state index contributed by atoms with van der Waals surface area (Å²) < 4.78 is 0. The summed E-state index contributed by atoms with van der Waals surface area (Å²) in [5.41, 5.74) is 11.1. The molecule has 3 nitrogen and oxygen atoms in total. The number of hydrogen-bond acceptors (Lipinski definition) is 2. The molecule has 2 aromatic rings. The molecule has 0 spiro atoms. The average Bonchev–Trinajstić information content (AvgIpc) is 2.51. The summed E-state index contributed by atoms with van der Waals surface area (Å²) in [7, 11) is 0. The molecule has 0 bridgehead atoms. The smallest absolute Gasteiger partial charge is 0.224 e. The van der Waals surface area contributed by atoms with E-state index in [2.05, 4.69) is 29.6 Å². The molecule has 1 atom stereocenters. The molecule has 0 fully saturated rings. The van der Waals surface area contributed by atoms with Crippen molar-refractivity contribution in [1.29, 1.82) is 0 Å². The number of amides is 1. The van der Waals surface area contributed by atoms with Crippen LogP contribution in [0.3, 0.4) is 0 Å². The van der Waals surface area contributed by atoms with E-state index in [1.54, 1.807) is 0 Å². The molecule has 3 rings (SSSR count). The molecule has 1 aliphatic rings. The predicted octanol–water partition coefficient (Wildman–Crippen LogP) is 4.45. The van der Waals surface area contributed by atoms with Crippen LogP contribution in [0.1, 0.15) is 41.9 Å². The van der Waals surface area contributed by atoms with E-state index in [1.165, 1.54) is 11.1 Å². The number of halogens is 1. The van der Waals surface area contributed by atoms with Gasteiger partial charge in [0, 0.05) is 17.8 Å². The zero-order valence-electron chi connectivity index (χ0n) is 13.3. The summed E-state index contributed by atoms with van der Waals surface area (Å²) in [5, 5.41) is 3.01. The molecule has 4 heteroatoms. The van der Waals surface area contributed by atoms with Gasteiger partial charge in [-0.15, -0.1) is 12.4 Å². The second kappa shape index (κ2) is 7.51. The van der Waals surface area contributed by atoms with Crippen LogP contribution in [0.2, 0.25) is 0 Å². The van der Waals surface area contributed by atoms with Gasteiger partial charge >= 0.3 is 0 Å². The Kier molecular flexibility index (Phi) is 5.67. The summed E-state index contributed by atoms with van der Waals surface area (Å²) in [6.07, 6.45) is 3.90. The number of rotatable bonds is 3. The van der Waals surface area contributed by atoms with Crippen molar-refractivity contribution in [3.05, 3.63) is 59.2 Å². The first-order chi connectivity index (χ1) is 10.6. The molecule has 0 aliphatic heterocycles. The molecule has 3 N–H and O–H groups in total. The summed E-state index contributed by atoms with van der Waals surface area (Å²) in [6, 6.07) is 14.1. The lowest BCUT2D eigenvalue weighted by atomic mass is 9.81. The van der Waals surface area contributed by atoms with Crippen molar-refractivity contribution in [1.82, 2.24) is 0 Å². The maximum Gasteiger partial charge on any atom is 0.224 e. The van der Waals surface area contributed by atoms with Crippen molar-refractivity contribution < 1.29 is 4.79 Å². The van der Waals surface area contributed by atoms with Gasteiger partial charge in [0.15, 0.2) is 0 Å². The number of nitrogens with two attached hydrogens (primary N) is 1. The predicted molar refractivity (Wildman–Crippen MR) is 98.2 cm³/mol. The second-order valence-corrected chi connectivity index (χ2v) is 6.11. The SMILES string of the molecule is Cc1ccc(N)cc1NC(=O)CC1CCCc2ccccc21.Cl. The first-order valence-corrected chi connectivity index (χ1v) is 7.87. The number of aryl methyl sites for hydroxylation is 2. The third kappa shape index (κ3) is 4.05. The minimum Gasteiger partial charge on any atom is -0.399 e. The topological polar surface area (TPSA) is 55.1 Å². The second-order valence-electron chi connectivity index (χ2n) is 6.11. The van der Waals surface area contributed by atoms with Crippen LogP contribution in [-0.2, 0) is 11.2 Å². The number of fused-ring (bicyclic) bond motifs is 1. The van der Waals surface area contributed by atoms with Gasteiger partial charge in [-0.05, 0) is 60.9 Å². The third-order valence-corrected chi connectivity index (χ3v) is 4.46. The molecule has 1 unspecified atom stereocenters. The lowest BCUT2D eigenvalue weighted by Gasteiger charge is -2.25. The van der Waals surface area contributed by atoms with Gasteiger partial charge in [0.2, 0.25) is 5.91 Å². The number of anilines is 2. The van der Waals surface area contributed by atoms with Crippen molar-refractivity contribution in [3.8, 4) is 0 Å². The largest absolute Gasteiger partial charge is 0.399 e. The van der Waals surface area contributed by atoms with Crippen LogP contribution >= 0.6 is 12.4 Å². The number of hydrogen-bond donors (Lipinski definition) is 2. The Labute approximate surface area is 143 Å². The number of nitrogen functional groups attached to an aromatic ring is 1. The molecular weight excluding hydrogens is 308 g/mol. The summed E-state index contributed by atoms with van der Waals surface area (Å²) in [4.78, 5) is 12.4. The van der Waals surface area contributed by atoms with Crippen LogP contribution in [0.15, 0.2) is 42.5 Å². The summed E-state index contributed by atoms with van der Waals surface area (Å²) in [5.74, 6) is 0.390. The molecule has 122 valence electrons. The standard InChI is InChI=1S/C19H22N2O.ClH/c1-13-9-10-16(20)12-18(13)21-19(22)11-15-7-4-6-14-5-2-3-8-17(14)15;/h2-3,5,8-10,12,15H,4,6-7,11,20H2,1H3,(H,21,22);1H. The van der Waals surface area contributed by atoms with E-state index < -0.39 is 0 Å². The Hall–Kier alpha value is -2.00. The van der Waals surface area contributed by atoms with Crippen molar-refractivity contribution in [2.75, 3.05) is 11.1 Å². The molecular formula is C19H23ClN2O. The van der Waals surface area contributed by atoms with Gasteiger partial charge in [0.1, 0.15) is 0 Å². The van der Waals surface area contributed by atoms with Crippen molar-refractivity contribution in [3.63, 3.8) is 0 Å². The maximum absolute atomic E-state index is 12.4.